The number of anilines is 3. The molecule has 2 aliphatic heterocycles. The van der Waals surface area contributed by atoms with E-state index in [1.807, 2.05) is 12.1 Å². The van der Waals surface area contributed by atoms with Gasteiger partial charge in [-0.25, -0.2) is 9.97 Å². The number of nitrogens with one attached hydrogen (secondary N) is 2. The number of pyridine rings is 1. The fraction of sp³-hybridized carbons (Fsp3) is 0.333. The standard InChI is InChI=1S/C21H24N8O/c1-4-29-16(19(30)27(2)3)7-14-8-24-20(26-18(14)29)25-15-5-6-17(23-9-15)28-12-21(13-28)10-22-11-21/h4-9,22H,1,10-13H2,2-3H3,(H,24,25,26). The van der Waals surface area contributed by atoms with Crippen molar-refractivity contribution in [1.82, 2.24) is 29.7 Å². The zero-order chi connectivity index (χ0) is 20.9. The summed E-state index contributed by atoms with van der Waals surface area (Å²) < 4.78 is 1.68. The number of hydrogen-bond donors (Lipinski definition) is 2. The van der Waals surface area contributed by atoms with Crippen LogP contribution in [0.25, 0.3) is 17.2 Å². The van der Waals surface area contributed by atoms with E-state index in [1.54, 1.807) is 43.3 Å². The summed E-state index contributed by atoms with van der Waals surface area (Å²) in [7, 11) is 3.43. The number of carbonyl (C=O) groups excluding carboxylic acids is 1. The second-order valence-corrected chi connectivity index (χ2v) is 8.24. The van der Waals surface area contributed by atoms with E-state index in [9.17, 15) is 4.79 Å². The maximum Gasteiger partial charge on any atom is 0.270 e. The fourth-order valence-electron chi connectivity index (χ4n) is 4.05. The van der Waals surface area contributed by atoms with E-state index >= 15 is 0 Å². The number of carbonyl (C=O) groups is 1. The molecule has 5 heterocycles. The van der Waals surface area contributed by atoms with Crippen molar-refractivity contribution in [1.29, 1.82) is 0 Å². The van der Waals surface area contributed by atoms with E-state index < -0.39 is 0 Å². The van der Waals surface area contributed by atoms with Gasteiger partial charge in [0, 0.05) is 63.5 Å². The van der Waals surface area contributed by atoms with Crippen LogP contribution in [0.5, 0.6) is 0 Å². The third-order valence-corrected chi connectivity index (χ3v) is 5.76. The Morgan fingerprint density at radius 2 is 2.07 bits per heavy atom. The van der Waals surface area contributed by atoms with Crippen LogP contribution in [0.4, 0.5) is 17.5 Å². The monoisotopic (exact) mass is 404 g/mol. The number of rotatable bonds is 5. The predicted octanol–water partition coefficient (Wildman–Crippen LogP) is 1.78. The summed E-state index contributed by atoms with van der Waals surface area (Å²) in [4.78, 5) is 29.8. The molecule has 0 bridgehead atoms. The van der Waals surface area contributed by atoms with E-state index in [0.717, 1.165) is 43.1 Å². The van der Waals surface area contributed by atoms with Gasteiger partial charge in [-0.1, -0.05) is 6.58 Å². The van der Waals surface area contributed by atoms with Gasteiger partial charge in [0.1, 0.15) is 17.2 Å². The third-order valence-electron chi connectivity index (χ3n) is 5.76. The molecule has 9 heteroatoms. The summed E-state index contributed by atoms with van der Waals surface area (Å²) in [6, 6.07) is 5.77. The molecule has 1 spiro atoms. The van der Waals surface area contributed by atoms with Crippen molar-refractivity contribution in [2.45, 2.75) is 0 Å². The second kappa shape index (κ2) is 6.81. The van der Waals surface area contributed by atoms with Crippen molar-refractivity contribution < 1.29 is 4.79 Å². The lowest BCUT2D eigenvalue weighted by atomic mass is 9.74. The number of hydrogen-bond acceptors (Lipinski definition) is 7. The van der Waals surface area contributed by atoms with Crippen LogP contribution in [-0.2, 0) is 0 Å². The maximum absolute atomic E-state index is 12.4. The first-order valence-electron chi connectivity index (χ1n) is 9.89. The van der Waals surface area contributed by atoms with E-state index in [-0.39, 0.29) is 5.91 Å². The summed E-state index contributed by atoms with van der Waals surface area (Å²) in [6.07, 6.45) is 5.08. The zero-order valence-electron chi connectivity index (χ0n) is 17.1. The molecule has 2 fully saturated rings. The van der Waals surface area contributed by atoms with Gasteiger partial charge >= 0.3 is 0 Å². The molecule has 154 valence electrons. The Bertz CT molecular complexity index is 1120. The SMILES string of the molecule is C=Cn1c(C(=O)N(C)C)cc2cnc(Nc3ccc(N4CC5(CNC5)C4)nc3)nc21. The lowest BCUT2D eigenvalue weighted by Gasteiger charge is -2.56. The van der Waals surface area contributed by atoms with Crippen molar-refractivity contribution in [3.63, 3.8) is 0 Å². The minimum absolute atomic E-state index is 0.118. The molecule has 2 N–H and O–H groups in total. The molecule has 30 heavy (non-hydrogen) atoms. The van der Waals surface area contributed by atoms with Crippen LogP contribution >= 0.6 is 0 Å². The van der Waals surface area contributed by atoms with Gasteiger partial charge < -0.3 is 20.4 Å². The second-order valence-electron chi connectivity index (χ2n) is 8.24. The van der Waals surface area contributed by atoms with Crippen LogP contribution < -0.4 is 15.5 Å². The molecular formula is C21H24N8O. The predicted molar refractivity (Wildman–Crippen MR) is 117 cm³/mol. The minimum atomic E-state index is -0.118. The Labute approximate surface area is 174 Å². The smallest absolute Gasteiger partial charge is 0.270 e. The zero-order valence-corrected chi connectivity index (χ0v) is 17.1. The van der Waals surface area contributed by atoms with Gasteiger partial charge in [-0.05, 0) is 18.2 Å². The molecule has 1 amide bonds. The molecule has 0 radical (unpaired) electrons. The first-order chi connectivity index (χ1) is 14.5. The van der Waals surface area contributed by atoms with Crippen LogP contribution in [0.3, 0.4) is 0 Å². The molecule has 0 saturated carbocycles. The van der Waals surface area contributed by atoms with E-state index in [1.165, 1.54) is 4.90 Å². The van der Waals surface area contributed by atoms with Crippen molar-refractivity contribution in [2.24, 2.45) is 5.41 Å². The van der Waals surface area contributed by atoms with Crippen LogP contribution in [0, 0.1) is 5.41 Å². The van der Waals surface area contributed by atoms with Crippen molar-refractivity contribution in [3.8, 4) is 0 Å². The van der Waals surface area contributed by atoms with Gasteiger partial charge in [-0.2, -0.15) is 4.98 Å². The van der Waals surface area contributed by atoms with Crippen LogP contribution in [0.15, 0.2) is 37.2 Å². The highest BCUT2D eigenvalue weighted by Crippen LogP contribution is 2.36. The van der Waals surface area contributed by atoms with Gasteiger partial charge in [-0.15, -0.1) is 0 Å². The summed E-state index contributed by atoms with van der Waals surface area (Å²) in [6.45, 7) is 8.16. The number of fused-ring (bicyclic) bond motifs is 1. The van der Waals surface area contributed by atoms with E-state index in [4.69, 9.17) is 0 Å². The van der Waals surface area contributed by atoms with E-state index in [0.29, 0.717) is 22.7 Å². The maximum atomic E-state index is 12.4. The van der Waals surface area contributed by atoms with Crippen molar-refractivity contribution in [3.05, 3.63) is 42.9 Å². The number of aromatic nitrogens is 4. The molecular weight excluding hydrogens is 380 g/mol. The Balaban J connectivity index is 1.35. The quantitative estimate of drug-likeness (QED) is 0.670. The molecule has 5 rings (SSSR count). The molecule has 3 aromatic rings. The number of nitrogens with zero attached hydrogens (tertiary/aromatic N) is 6. The van der Waals surface area contributed by atoms with Crippen molar-refractivity contribution >= 4 is 40.6 Å². The fourth-order valence-corrected chi connectivity index (χ4v) is 4.05. The summed E-state index contributed by atoms with van der Waals surface area (Å²) >= 11 is 0. The van der Waals surface area contributed by atoms with Gasteiger partial charge in [0.15, 0.2) is 0 Å². The average molecular weight is 404 g/mol. The topological polar surface area (TPSA) is 91.2 Å². The van der Waals surface area contributed by atoms with E-state index in [2.05, 4.69) is 37.1 Å². The molecule has 2 saturated heterocycles. The lowest BCUT2D eigenvalue weighted by Crippen LogP contribution is -2.71. The Morgan fingerprint density at radius 1 is 1.27 bits per heavy atom. The van der Waals surface area contributed by atoms with Crippen LogP contribution in [0.2, 0.25) is 0 Å². The molecule has 0 unspecified atom stereocenters. The van der Waals surface area contributed by atoms with Gasteiger partial charge in [0.25, 0.3) is 5.91 Å². The molecule has 0 aliphatic carbocycles. The first kappa shape index (κ1) is 18.6. The third kappa shape index (κ3) is 2.98. The average Bonchev–Trinajstić information content (AvgIpc) is 3.04. The van der Waals surface area contributed by atoms with Gasteiger partial charge in [0.2, 0.25) is 5.95 Å². The van der Waals surface area contributed by atoms with Crippen LogP contribution in [0.1, 0.15) is 10.5 Å². The molecule has 0 atom stereocenters. The highest BCUT2D eigenvalue weighted by Gasteiger charge is 2.47. The highest BCUT2D eigenvalue weighted by atomic mass is 16.2. The molecule has 2 aliphatic rings. The summed E-state index contributed by atoms with van der Waals surface area (Å²) in [5.41, 5.74) is 2.39. The van der Waals surface area contributed by atoms with Crippen molar-refractivity contribution in [2.75, 3.05) is 50.5 Å². The minimum Gasteiger partial charge on any atom is -0.355 e. The lowest BCUT2D eigenvalue weighted by molar-refractivity contribution is 0.0821. The molecule has 3 aromatic heterocycles. The summed E-state index contributed by atoms with van der Waals surface area (Å²) in [5, 5.41) is 7.31. The van der Waals surface area contributed by atoms with Crippen LogP contribution in [-0.4, -0.2) is 70.6 Å². The highest BCUT2D eigenvalue weighted by molar-refractivity contribution is 5.98. The van der Waals surface area contributed by atoms with Gasteiger partial charge in [-0.3, -0.25) is 9.36 Å². The van der Waals surface area contributed by atoms with Gasteiger partial charge in [0.05, 0.1) is 11.9 Å². The molecule has 9 nitrogen and oxygen atoms in total. The Kier molecular flexibility index (Phi) is 4.21. The number of amides is 1. The first-order valence-corrected chi connectivity index (χ1v) is 9.89. The Morgan fingerprint density at radius 3 is 2.67 bits per heavy atom. The molecule has 0 aromatic carbocycles. The Hall–Kier alpha value is -3.46. The summed E-state index contributed by atoms with van der Waals surface area (Å²) in [5.74, 6) is 1.31. The normalized spacial score (nSPS) is 16.8. The largest absolute Gasteiger partial charge is 0.355 e.